The average molecular weight is 236 g/mol. The average Bonchev–Trinajstić information content (AvgIpc) is 2.86. The molecule has 0 radical (unpaired) electrons. The zero-order chi connectivity index (χ0) is 11.9. The fourth-order valence-corrected chi connectivity index (χ4v) is 4.57. The Morgan fingerprint density at radius 3 is 2.88 bits per heavy atom. The summed E-state index contributed by atoms with van der Waals surface area (Å²) in [6.45, 7) is 10.1. The fourth-order valence-electron chi connectivity index (χ4n) is 4.57. The molecule has 0 spiro atoms. The molecule has 4 atom stereocenters. The van der Waals surface area contributed by atoms with Gasteiger partial charge in [-0.1, -0.05) is 26.7 Å². The van der Waals surface area contributed by atoms with Gasteiger partial charge in [0, 0.05) is 25.7 Å². The minimum absolute atomic E-state index is 0.548. The molecule has 2 saturated heterocycles. The first-order valence-corrected chi connectivity index (χ1v) is 7.63. The van der Waals surface area contributed by atoms with Crippen molar-refractivity contribution in [2.24, 2.45) is 17.3 Å². The highest BCUT2D eigenvalue weighted by Gasteiger charge is 2.43. The van der Waals surface area contributed by atoms with Crippen LogP contribution in [-0.4, -0.2) is 37.1 Å². The van der Waals surface area contributed by atoms with Crippen molar-refractivity contribution in [1.82, 2.24) is 10.2 Å². The molecule has 0 aromatic rings. The molecular formula is C15H28N2. The lowest BCUT2D eigenvalue weighted by Crippen LogP contribution is -2.42. The molecule has 2 aliphatic heterocycles. The normalized spacial score (nSPS) is 47.3. The van der Waals surface area contributed by atoms with E-state index in [1.165, 1.54) is 58.3 Å². The Morgan fingerprint density at radius 2 is 2.12 bits per heavy atom. The second-order valence-electron chi connectivity index (χ2n) is 7.16. The molecule has 2 heteroatoms. The summed E-state index contributed by atoms with van der Waals surface area (Å²) in [4.78, 5) is 2.85. The van der Waals surface area contributed by atoms with E-state index in [0.29, 0.717) is 5.41 Å². The second-order valence-corrected chi connectivity index (χ2v) is 7.16. The first-order chi connectivity index (χ1) is 8.18. The quantitative estimate of drug-likeness (QED) is 0.792. The van der Waals surface area contributed by atoms with Gasteiger partial charge in [0.2, 0.25) is 0 Å². The number of nitrogens with zero attached hydrogens (tertiary/aromatic N) is 1. The summed E-state index contributed by atoms with van der Waals surface area (Å²) in [5.74, 6) is 1.96. The molecule has 4 unspecified atom stereocenters. The standard InChI is InChI=1S/C15H28N2/c1-12-9-17(11-15(2)7-8-16-10-15)14-6-4-3-5-13(12)14/h12-14,16H,3-11H2,1-2H3. The van der Waals surface area contributed by atoms with Crippen molar-refractivity contribution in [3.63, 3.8) is 0 Å². The Morgan fingerprint density at radius 1 is 1.29 bits per heavy atom. The minimum atomic E-state index is 0.548. The Hall–Kier alpha value is -0.0800. The van der Waals surface area contributed by atoms with Crippen LogP contribution in [0.25, 0.3) is 0 Å². The summed E-state index contributed by atoms with van der Waals surface area (Å²) in [6.07, 6.45) is 7.29. The summed E-state index contributed by atoms with van der Waals surface area (Å²) in [7, 11) is 0. The maximum Gasteiger partial charge on any atom is 0.0127 e. The molecule has 2 heterocycles. The van der Waals surface area contributed by atoms with E-state index >= 15 is 0 Å². The molecule has 1 N–H and O–H groups in total. The lowest BCUT2D eigenvalue weighted by Gasteiger charge is -2.36. The van der Waals surface area contributed by atoms with E-state index in [9.17, 15) is 0 Å². The van der Waals surface area contributed by atoms with Gasteiger partial charge in [-0.3, -0.25) is 4.90 Å². The highest BCUT2D eigenvalue weighted by molar-refractivity contribution is 4.97. The zero-order valence-corrected chi connectivity index (χ0v) is 11.5. The van der Waals surface area contributed by atoms with E-state index in [2.05, 4.69) is 24.1 Å². The largest absolute Gasteiger partial charge is 0.316 e. The van der Waals surface area contributed by atoms with Crippen LogP contribution in [-0.2, 0) is 0 Å². The Bertz CT molecular complexity index is 270. The van der Waals surface area contributed by atoms with Crippen LogP contribution in [0, 0.1) is 17.3 Å². The van der Waals surface area contributed by atoms with Crippen molar-refractivity contribution >= 4 is 0 Å². The molecule has 0 aromatic carbocycles. The molecule has 1 saturated carbocycles. The van der Waals surface area contributed by atoms with Gasteiger partial charge in [0.25, 0.3) is 0 Å². The molecule has 1 aliphatic carbocycles. The second kappa shape index (κ2) is 4.55. The molecule has 0 amide bonds. The third kappa shape index (κ3) is 2.26. The fraction of sp³-hybridized carbons (Fsp3) is 1.00. The third-order valence-electron chi connectivity index (χ3n) is 5.55. The van der Waals surface area contributed by atoms with Crippen molar-refractivity contribution in [2.75, 3.05) is 26.2 Å². The van der Waals surface area contributed by atoms with Crippen LogP contribution < -0.4 is 5.32 Å². The number of hydrogen-bond acceptors (Lipinski definition) is 2. The number of rotatable bonds is 2. The predicted octanol–water partition coefficient (Wildman–Crippen LogP) is 2.50. The third-order valence-corrected chi connectivity index (χ3v) is 5.55. The number of nitrogens with one attached hydrogen (secondary N) is 1. The molecule has 3 aliphatic rings. The van der Waals surface area contributed by atoms with Crippen molar-refractivity contribution in [1.29, 1.82) is 0 Å². The van der Waals surface area contributed by atoms with E-state index in [-0.39, 0.29) is 0 Å². The zero-order valence-electron chi connectivity index (χ0n) is 11.5. The van der Waals surface area contributed by atoms with Crippen LogP contribution in [0.5, 0.6) is 0 Å². The van der Waals surface area contributed by atoms with E-state index in [4.69, 9.17) is 0 Å². The summed E-state index contributed by atoms with van der Waals surface area (Å²) in [6, 6.07) is 0.927. The maximum atomic E-state index is 3.54. The number of likely N-dealkylation sites (tertiary alicyclic amines) is 1. The topological polar surface area (TPSA) is 15.3 Å². The van der Waals surface area contributed by atoms with Gasteiger partial charge in [-0.25, -0.2) is 0 Å². The van der Waals surface area contributed by atoms with Gasteiger partial charge in [0.15, 0.2) is 0 Å². The smallest absolute Gasteiger partial charge is 0.0127 e. The molecule has 3 rings (SSSR count). The van der Waals surface area contributed by atoms with Crippen LogP contribution in [0.1, 0.15) is 46.0 Å². The van der Waals surface area contributed by atoms with Crippen molar-refractivity contribution in [3.8, 4) is 0 Å². The molecule has 2 nitrogen and oxygen atoms in total. The van der Waals surface area contributed by atoms with Crippen LogP contribution >= 0.6 is 0 Å². The first-order valence-electron chi connectivity index (χ1n) is 7.63. The van der Waals surface area contributed by atoms with Crippen LogP contribution in [0.15, 0.2) is 0 Å². The summed E-state index contributed by atoms with van der Waals surface area (Å²) < 4.78 is 0. The van der Waals surface area contributed by atoms with Gasteiger partial charge >= 0.3 is 0 Å². The SMILES string of the molecule is CC1CN(CC2(C)CCNC2)C2CCCCC12. The molecule has 98 valence electrons. The summed E-state index contributed by atoms with van der Waals surface area (Å²) in [5.41, 5.74) is 0.548. The Kier molecular flexibility index (Phi) is 3.20. The van der Waals surface area contributed by atoms with Gasteiger partial charge in [-0.05, 0) is 43.1 Å². The van der Waals surface area contributed by atoms with Crippen molar-refractivity contribution < 1.29 is 0 Å². The lowest BCUT2D eigenvalue weighted by molar-refractivity contribution is 0.128. The maximum absolute atomic E-state index is 3.54. The summed E-state index contributed by atoms with van der Waals surface area (Å²) >= 11 is 0. The molecule has 0 aromatic heterocycles. The molecule has 0 bridgehead atoms. The van der Waals surface area contributed by atoms with Crippen molar-refractivity contribution in [3.05, 3.63) is 0 Å². The first kappa shape index (κ1) is 12.0. The molecule has 17 heavy (non-hydrogen) atoms. The van der Waals surface area contributed by atoms with Gasteiger partial charge in [0.1, 0.15) is 0 Å². The van der Waals surface area contributed by atoms with Crippen LogP contribution in [0.4, 0.5) is 0 Å². The number of fused-ring (bicyclic) bond motifs is 1. The van der Waals surface area contributed by atoms with E-state index in [0.717, 1.165) is 17.9 Å². The van der Waals surface area contributed by atoms with Gasteiger partial charge in [0.05, 0.1) is 0 Å². The highest BCUT2D eigenvalue weighted by Crippen LogP contribution is 2.41. The van der Waals surface area contributed by atoms with Crippen molar-refractivity contribution in [2.45, 2.75) is 52.0 Å². The Labute approximate surface area is 106 Å². The van der Waals surface area contributed by atoms with Crippen LogP contribution in [0.3, 0.4) is 0 Å². The minimum Gasteiger partial charge on any atom is -0.316 e. The predicted molar refractivity (Wildman–Crippen MR) is 72.1 cm³/mol. The van der Waals surface area contributed by atoms with E-state index in [1.807, 2.05) is 0 Å². The van der Waals surface area contributed by atoms with E-state index < -0.39 is 0 Å². The van der Waals surface area contributed by atoms with Crippen LogP contribution in [0.2, 0.25) is 0 Å². The van der Waals surface area contributed by atoms with E-state index in [1.54, 1.807) is 0 Å². The van der Waals surface area contributed by atoms with Gasteiger partial charge in [-0.2, -0.15) is 0 Å². The lowest BCUT2D eigenvalue weighted by atomic mass is 9.80. The molecule has 3 fully saturated rings. The highest BCUT2D eigenvalue weighted by atomic mass is 15.2. The number of hydrogen-bond donors (Lipinski definition) is 1. The Balaban J connectivity index is 1.67. The monoisotopic (exact) mass is 236 g/mol. The molecular weight excluding hydrogens is 208 g/mol. The van der Waals surface area contributed by atoms with Gasteiger partial charge < -0.3 is 5.32 Å². The van der Waals surface area contributed by atoms with Gasteiger partial charge in [-0.15, -0.1) is 0 Å². The summed E-state index contributed by atoms with van der Waals surface area (Å²) in [5, 5.41) is 3.54.